The van der Waals surface area contributed by atoms with Crippen LogP contribution in [0.25, 0.3) is 0 Å². The quantitative estimate of drug-likeness (QED) is 0.592. The molecule has 7 heteroatoms. The van der Waals surface area contributed by atoms with Crippen LogP contribution in [-0.4, -0.2) is 88.4 Å². The number of likely N-dealkylation sites (N-methyl/N-ethyl adjacent to an activating group) is 1. The Morgan fingerprint density at radius 3 is 2.72 bits per heavy atom. The number of carbonyl (C=O) groups excluding carboxylic acids is 1. The normalized spacial score (nSPS) is 26.2. The first-order valence-electron chi connectivity index (χ1n) is 9.47. The minimum absolute atomic E-state index is 0.0310. The van der Waals surface area contributed by atoms with E-state index in [9.17, 15) is 4.79 Å². The summed E-state index contributed by atoms with van der Waals surface area (Å²) < 4.78 is 11.0. The topological polar surface area (TPSA) is 66.4 Å². The molecule has 0 aliphatic carbocycles. The molecule has 3 rings (SSSR count). The molecule has 0 saturated carbocycles. The molecule has 3 aliphatic heterocycles. The fraction of sp³-hybridized carbons (Fsp3) is 0.889. The minimum atomic E-state index is 0.0310. The summed E-state index contributed by atoms with van der Waals surface area (Å²) in [5.74, 6) is 1.45. The van der Waals surface area contributed by atoms with E-state index in [2.05, 4.69) is 15.2 Å². The minimum Gasteiger partial charge on any atom is -0.381 e. The van der Waals surface area contributed by atoms with Crippen LogP contribution in [0.5, 0.6) is 0 Å². The smallest absolute Gasteiger partial charge is 0.243 e. The molecule has 1 atom stereocenters. The number of amides is 1. The van der Waals surface area contributed by atoms with Crippen LogP contribution < -0.4 is 5.32 Å². The summed E-state index contributed by atoms with van der Waals surface area (Å²) in [6.07, 6.45) is 4.54. The third-order valence-corrected chi connectivity index (χ3v) is 5.73. The van der Waals surface area contributed by atoms with Gasteiger partial charge in [-0.05, 0) is 31.1 Å². The second-order valence-corrected chi connectivity index (χ2v) is 7.82. The average Bonchev–Trinajstić information content (AvgIpc) is 3.26. The maximum atomic E-state index is 12.0. The molecule has 3 heterocycles. The Kier molecular flexibility index (Phi) is 6.17. The zero-order valence-electron chi connectivity index (χ0n) is 15.6. The molecule has 0 aromatic heterocycles. The predicted octanol–water partition coefficient (Wildman–Crippen LogP) is 0.559. The van der Waals surface area contributed by atoms with Gasteiger partial charge in [-0.3, -0.25) is 4.79 Å². The first-order valence-corrected chi connectivity index (χ1v) is 9.47. The number of ether oxygens (including phenoxy) is 2. The molecule has 3 saturated heterocycles. The van der Waals surface area contributed by atoms with Crippen molar-refractivity contribution in [2.24, 2.45) is 16.3 Å². The van der Waals surface area contributed by atoms with Gasteiger partial charge in [-0.2, -0.15) is 0 Å². The van der Waals surface area contributed by atoms with Gasteiger partial charge in [0.15, 0.2) is 5.96 Å². The van der Waals surface area contributed by atoms with Crippen molar-refractivity contribution in [2.75, 3.05) is 66.7 Å². The van der Waals surface area contributed by atoms with Gasteiger partial charge in [0.1, 0.15) is 6.54 Å². The summed E-state index contributed by atoms with van der Waals surface area (Å²) in [4.78, 5) is 20.5. The van der Waals surface area contributed by atoms with Gasteiger partial charge in [-0.25, -0.2) is 4.99 Å². The van der Waals surface area contributed by atoms with Crippen molar-refractivity contribution in [1.82, 2.24) is 15.1 Å². The van der Waals surface area contributed by atoms with Crippen LogP contribution in [0.4, 0.5) is 0 Å². The zero-order chi connectivity index (χ0) is 17.7. The van der Waals surface area contributed by atoms with Gasteiger partial charge in [0.25, 0.3) is 0 Å². The van der Waals surface area contributed by atoms with Crippen molar-refractivity contribution in [1.29, 1.82) is 0 Å². The first kappa shape index (κ1) is 18.5. The van der Waals surface area contributed by atoms with Gasteiger partial charge in [-0.1, -0.05) is 0 Å². The number of likely N-dealkylation sites (tertiary alicyclic amines) is 1. The lowest BCUT2D eigenvalue weighted by Crippen LogP contribution is -2.44. The molecule has 0 radical (unpaired) electrons. The summed E-state index contributed by atoms with van der Waals surface area (Å²) in [6.45, 7) is 6.48. The van der Waals surface area contributed by atoms with E-state index in [0.29, 0.717) is 11.3 Å². The van der Waals surface area contributed by atoms with Gasteiger partial charge < -0.3 is 24.6 Å². The van der Waals surface area contributed by atoms with E-state index in [1.165, 1.54) is 6.42 Å². The van der Waals surface area contributed by atoms with Crippen LogP contribution in [-0.2, 0) is 14.3 Å². The van der Waals surface area contributed by atoms with E-state index in [4.69, 9.17) is 9.47 Å². The third-order valence-electron chi connectivity index (χ3n) is 5.73. The number of hydrogen-bond acceptors (Lipinski definition) is 4. The predicted molar refractivity (Wildman–Crippen MR) is 96.6 cm³/mol. The molecule has 0 aromatic carbocycles. The second-order valence-electron chi connectivity index (χ2n) is 7.82. The van der Waals surface area contributed by atoms with Gasteiger partial charge in [0.2, 0.25) is 5.91 Å². The van der Waals surface area contributed by atoms with Crippen molar-refractivity contribution in [3.05, 3.63) is 0 Å². The van der Waals surface area contributed by atoms with E-state index in [1.54, 1.807) is 19.0 Å². The van der Waals surface area contributed by atoms with Crippen LogP contribution in [0, 0.1) is 11.3 Å². The molecule has 1 unspecified atom stereocenters. The highest BCUT2D eigenvalue weighted by Gasteiger charge is 2.40. The summed E-state index contributed by atoms with van der Waals surface area (Å²) >= 11 is 0. The number of carbonyl (C=O) groups is 1. The molecular weight excluding hydrogens is 320 g/mol. The van der Waals surface area contributed by atoms with Crippen LogP contribution in [0.3, 0.4) is 0 Å². The number of nitrogens with one attached hydrogen (secondary N) is 1. The van der Waals surface area contributed by atoms with Crippen molar-refractivity contribution >= 4 is 11.9 Å². The van der Waals surface area contributed by atoms with E-state index in [1.807, 2.05) is 0 Å². The lowest BCUT2D eigenvalue weighted by atomic mass is 9.80. The maximum Gasteiger partial charge on any atom is 0.243 e. The monoisotopic (exact) mass is 352 g/mol. The fourth-order valence-corrected chi connectivity index (χ4v) is 3.86. The second kappa shape index (κ2) is 8.36. The fourth-order valence-electron chi connectivity index (χ4n) is 3.86. The van der Waals surface area contributed by atoms with Gasteiger partial charge in [-0.15, -0.1) is 0 Å². The molecule has 25 heavy (non-hydrogen) atoms. The highest BCUT2D eigenvalue weighted by Crippen LogP contribution is 2.39. The SMILES string of the molecule is CN(C)C(=O)CN=C(NCC1CCOC1)N1CCC2(CCOCC2)C1. The molecular formula is C18H32N4O3. The Bertz CT molecular complexity index is 483. The van der Waals surface area contributed by atoms with Gasteiger partial charge in [0, 0.05) is 59.5 Å². The van der Waals surface area contributed by atoms with E-state index < -0.39 is 0 Å². The molecule has 1 spiro atoms. The molecule has 142 valence electrons. The number of nitrogens with zero attached hydrogens (tertiary/aromatic N) is 3. The van der Waals surface area contributed by atoms with E-state index >= 15 is 0 Å². The average molecular weight is 352 g/mol. The summed E-state index contributed by atoms with van der Waals surface area (Å²) in [5.41, 5.74) is 0.364. The molecule has 3 fully saturated rings. The maximum absolute atomic E-state index is 12.0. The molecule has 3 aliphatic rings. The number of guanidine groups is 1. The van der Waals surface area contributed by atoms with E-state index in [0.717, 1.165) is 71.3 Å². The summed E-state index contributed by atoms with van der Waals surface area (Å²) in [6, 6.07) is 0. The molecule has 0 aromatic rings. The lowest BCUT2D eigenvalue weighted by Gasteiger charge is -2.33. The Balaban J connectivity index is 1.62. The van der Waals surface area contributed by atoms with Crippen molar-refractivity contribution in [3.63, 3.8) is 0 Å². The molecule has 7 nitrogen and oxygen atoms in total. The van der Waals surface area contributed by atoms with Crippen LogP contribution in [0.1, 0.15) is 25.7 Å². The number of rotatable bonds is 4. The zero-order valence-corrected chi connectivity index (χ0v) is 15.6. The Labute approximate surface area is 150 Å². The van der Waals surface area contributed by atoms with Crippen LogP contribution in [0.15, 0.2) is 4.99 Å². The molecule has 1 amide bonds. The summed E-state index contributed by atoms with van der Waals surface area (Å²) in [5, 5.41) is 3.51. The van der Waals surface area contributed by atoms with Gasteiger partial charge in [0.05, 0.1) is 6.61 Å². The highest BCUT2D eigenvalue weighted by molar-refractivity contribution is 5.85. The first-order chi connectivity index (χ1) is 12.1. The number of aliphatic imine (C=N–C) groups is 1. The van der Waals surface area contributed by atoms with Crippen molar-refractivity contribution in [2.45, 2.75) is 25.7 Å². The third kappa shape index (κ3) is 4.85. The van der Waals surface area contributed by atoms with E-state index in [-0.39, 0.29) is 12.5 Å². The Morgan fingerprint density at radius 2 is 2.04 bits per heavy atom. The largest absolute Gasteiger partial charge is 0.381 e. The van der Waals surface area contributed by atoms with Crippen LogP contribution in [0.2, 0.25) is 0 Å². The highest BCUT2D eigenvalue weighted by atomic mass is 16.5. The standard InChI is InChI=1S/C18H32N4O3/c1-21(2)16(23)12-20-17(19-11-15-3-8-25-13-15)22-7-4-18(14-22)5-9-24-10-6-18/h15H,3-14H2,1-2H3,(H,19,20). The van der Waals surface area contributed by atoms with Crippen LogP contribution >= 0.6 is 0 Å². The molecule has 1 N–H and O–H groups in total. The van der Waals surface area contributed by atoms with Crippen molar-refractivity contribution in [3.8, 4) is 0 Å². The van der Waals surface area contributed by atoms with Crippen molar-refractivity contribution < 1.29 is 14.3 Å². The lowest BCUT2D eigenvalue weighted by molar-refractivity contribution is -0.127. The summed E-state index contributed by atoms with van der Waals surface area (Å²) in [7, 11) is 3.54. The Hall–Kier alpha value is -1.34. The van der Waals surface area contributed by atoms with Gasteiger partial charge >= 0.3 is 0 Å². The molecule has 0 bridgehead atoms. The number of hydrogen-bond donors (Lipinski definition) is 1. The Morgan fingerprint density at radius 1 is 1.24 bits per heavy atom.